The Balaban J connectivity index is 6.54. The molecule has 9 heteroatoms. The van der Waals surface area contributed by atoms with E-state index in [2.05, 4.69) is 19.9 Å². The standard InChI is InChI=1S/C24H46O7P2/c1-10-28-32(25,29-11-2)24(19-17-22(7)8,33(26,30-12-3)31-13-4)27-20-18-23(9)16-14-15-21(5)6/h15,17-18H,10-14,16,19-20H2,1-9H3/b23-18+. The maximum atomic E-state index is 14.2. The van der Waals surface area contributed by atoms with Crippen LogP contribution in [0.3, 0.4) is 0 Å². The molecule has 0 aliphatic heterocycles. The van der Waals surface area contributed by atoms with Crippen molar-refractivity contribution in [1.82, 2.24) is 0 Å². The van der Waals surface area contributed by atoms with Gasteiger partial charge in [-0.15, -0.1) is 0 Å². The van der Waals surface area contributed by atoms with E-state index in [0.717, 1.165) is 24.0 Å². The summed E-state index contributed by atoms with van der Waals surface area (Å²) in [5.41, 5.74) is 3.31. The second-order valence-corrected chi connectivity index (χ2v) is 12.9. The van der Waals surface area contributed by atoms with E-state index in [9.17, 15) is 9.13 Å². The quantitative estimate of drug-likeness (QED) is 0.136. The lowest BCUT2D eigenvalue weighted by molar-refractivity contribution is 0.0306. The highest BCUT2D eigenvalue weighted by Gasteiger charge is 2.66. The van der Waals surface area contributed by atoms with Gasteiger partial charge in [0.25, 0.3) is 5.08 Å². The second kappa shape index (κ2) is 16.2. The van der Waals surface area contributed by atoms with Crippen LogP contribution in [0.15, 0.2) is 34.9 Å². The summed E-state index contributed by atoms with van der Waals surface area (Å²) in [5.74, 6) is 0. The molecule has 0 bridgehead atoms. The molecule has 0 unspecified atom stereocenters. The number of allylic oxidation sites excluding steroid dienone is 4. The van der Waals surface area contributed by atoms with Crippen molar-refractivity contribution in [2.45, 2.75) is 86.7 Å². The van der Waals surface area contributed by atoms with E-state index in [-0.39, 0.29) is 39.5 Å². The lowest BCUT2D eigenvalue weighted by Crippen LogP contribution is -2.36. The lowest BCUT2D eigenvalue weighted by atomic mass is 10.1. The summed E-state index contributed by atoms with van der Waals surface area (Å²) in [7, 11) is -8.22. The molecule has 0 saturated heterocycles. The third-order valence-corrected chi connectivity index (χ3v) is 10.9. The van der Waals surface area contributed by atoms with E-state index in [0.29, 0.717) is 0 Å². The van der Waals surface area contributed by atoms with Crippen molar-refractivity contribution in [2.75, 3.05) is 33.0 Å². The molecule has 0 rings (SSSR count). The first kappa shape index (κ1) is 32.5. The summed E-state index contributed by atoms with van der Waals surface area (Å²) in [6.07, 6.45) is 7.66. The van der Waals surface area contributed by atoms with Gasteiger partial charge in [0, 0.05) is 6.42 Å². The molecule has 0 amide bonds. The number of hydrogen-bond acceptors (Lipinski definition) is 7. The van der Waals surface area contributed by atoms with Crippen LogP contribution in [0.5, 0.6) is 0 Å². The van der Waals surface area contributed by atoms with Crippen LogP contribution in [0.25, 0.3) is 0 Å². The van der Waals surface area contributed by atoms with Crippen LogP contribution in [-0.4, -0.2) is 38.1 Å². The highest BCUT2D eigenvalue weighted by atomic mass is 31.2. The molecule has 0 radical (unpaired) electrons. The van der Waals surface area contributed by atoms with Gasteiger partial charge in [-0.25, -0.2) is 0 Å². The van der Waals surface area contributed by atoms with Crippen molar-refractivity contribution in [1.29, 1.82) is 0 Å². The van der Waals surface area contributed by atoms with Crippen molar-refractivity contribution in [3.05, 3.63) is 34.9 Å². The zero-order valence-electron chi connectivity index (χ0n) is 22.1. The van der Waals surface area contributed by atoms with Crippen LogP contribution >= 0.6 is 15.2 Å². The Morgan fingerprint density at radius 2 is 1.12 bits per heavy atom. The van der Waals surface area contributed by atoms with Crippen LogP contribution in [0.2, 0.25) is 0 Å². The van der Waals surface area contributed by atoms with Gasteiger partial charge in [-0.05, 0) is 75.2 Å². The third-order valence-electron chi connectivity index (χ3n) is 4.67. The summed E-state index contributed by atoms with van der Waals surface area (Å²) in [4.78, 5) is 0. The fraction of sp³-hybridized carbons (Fsp3) is 0.750. The first-order chi connectivity index (χ1) is 15.5. The summed E-state index contributed by atoms with van der Waals surface area (Å²) < 4.78 is 57.4. The molecule has 0 aromatic heterocycles. The Bertz CT molecular complexity index is 698. The molecule has 0 aromatic carbocycles. The van der Waals surface area contributed by atoms with Gasteiger partial charge in [-0.3, -0.25) is 9.13 Å². The normalized spacial score (nSPS) is 13.2. The smallest absolute Gasteiger partial charge is 0.347 e. The van der Waals surface area contributed by atoms with E-state index >= 15 is 0 Å². The average Bonchev–Trinajstić information content (AvgIpc) is 2.70. The predicted octanol–water partition coefficient (Wildman–Crippen LogP) is 8.24. The molecule has 0 fully saturated rings. The van der Waals surface area contributed by atoms with E-state index in [1.807, 2.05) is 26.8 Å². The molecule has 0 spiro atoms. The number of hydrogen-bond donors (Lipinski definition) is 0. The Kier molecular flexibility index (Phi) is 16.0. The Morgan fingerprint density at radius 1 is 0.697 bits per heavy atom. The third kappa shape index (κ3) is 9.93. The monoisotopic (exact) mass is 508 g/mol. The maximum absolute atomic E-state index is 14.2. The van der Waals surface area contributed by atoms with Gasteiger partial charge >= 0.3 is 15.2 Å². The Morgan fingerprint density at radius 3 is 1.48 bits per heavy atom. The number of ether oxygens (including phenoxy) is 1. The molecule has 0 N–H and O–H groups in total. The predicted molar refractivity (Wildman–Crippen MR) is 137 cm³/mol. The van der Waals surface area contributed by atoms with Gasteiger partial charge in [0.15, 0.2) is 0 Å². The topological polar surface area (TPSA) is 80.3 Å². The zero-order chi connectivity index (χ0) is 25.5. The maximum Gasteiger partial charge on any atom is 0.375 e. The Labute approximate surface area is 202 Å². The molecule has 0 aromatic rings. The highest BCUT2D eigenvalue weighted by Crippen LogP contribution is 2.79. The minimum Gasteiger partial charge on any atom is -0.347 e. The van der Waals surface area contributed by atoms with Crippen molar-refractivity contribution < 1.29 is 32.0 Å². The van der Waals surface area contributed by atoms with E-state index in [1.165, 1.54) is 5.57 Å². The highest BCUT2D eigenvalue weighted by molar-refractivity contribution is 7.74. The van der Waals surface area contributed by atoms with Crippen LogP contribution < -0.4 is 0 Å². The fourth-order valence-electron chi connectivity index (χ4n) is 3.09. The van der Waals surface area contributed by atoms with Crippen LogP contribution in [0.1, 0.15) is 81.6 Å². The molecule has 194 valence electrons. The van der Waals surface area contributed by atoms with Crippen LogP contribution in [0, 0.1) is 0 Å². The summed E-state index contributed by atoms with van der Waals surface area (Å²) in [6.45, 7) is 17.2. The molecular weight excluding hydrogens is 462 g/mol. The molecule has 0 aliphatic carbocycles. The van der Waals surface area contributed by atoms with Gasteiger partial charge in [0.1, 0.15) is 0 Å². The van der Waals surface area contributed by atoms with Crippen molar-refractivity contribution in [2.24, 2.45) is 0 Å². The van der Waals surface area contributed by atoms with Crippen molar-refractivity contribution >= 4 is 15.2 Å². The molecular formula is C24H46O7P2. The molecule has 0 aliphatic rings. The minimum atomic E-state index is -4.11. The van der Waals surface area contributed by atoms with Gasteiger partial charge in [0.2, 0.25) is 0 Å². The molecule has 0 atom stereocenters. The fourth-order valence-corrected chi connectivity index (χ4v) is 8.40. The molecule has 33 heavy (non-hydrogen) atoms. The molecule has 0 saturated carbocycles. The summed E-state index contributed by atoms with van der Waals surface area (Å²) in [5, 5.41) is -1.94. The van der Waals surface area contributed by atoms with E-state index in [4.69, 9.17) is 22.8 Å². The van der Waals surface area contributed by atoms with Crippen molar-refractivity contribution in [3.63, 3.8) is 0 Å². The molecule has 7 nitrogen and oxygen atoms in total. The molecule has 0 heterocycles. The minimum absolute atomic E-state index is 0.00541. The van der Waals surface area contributed by atoms with E-state index in [1.54, 1.807) is 33.8 Å². The average molecular weight is 509 g/mol. The lowest BCUT2D eigenvalue weighted by Gasteiger charge is -2.41. The van der Waals surface area contributed by atoms with Gasteiger partial charge in [-0.2, -0.15) is 0 Å². The first-order valence-electron chi connectivity index (χ1n) is 11.8. The SMILES string of the molecule is CCOP(=O)(OCC)C(CC=C(C)C)(OC/C=C(\C)CCC=C(C)C)P(=O)(OCC)OCC. The van der Waals surface area contributed by atoms with Crippen LogP contribution in [-0.2, 0) is 32.0 Å². The zero-order valence-corrected chi connectivity index (χ0v) is 23.9. The summed E-state index contributed by atoms with van der Waals surface area (Å²) >= 11 is 0. The van der Waals surface area contributed by atoms with Gasteiger partial charge in [-0.1, -0.05) is 34.9 Å². The van der Waals surface area contributed by atoms with Crippen molar-refractivity contribution in [3.8, 4) is 0 Å². The largest absolute Gasteiger partial charge is 0.375 e. The Hall–Kier alpha value is -0.520. The summed E-state index contributed by atoms with van der Waals surface area (Å²) in [6, 6.07) is 0. The van der Waals surface area contributed by atoms with E-state index < -0.39 is 20.3 Å². The van der Waals surface area contributed by atoms with Crippen LogP contribution in [0.4, 0.5) is 0 Å². The second-order valence-electron chi connectivity index (χ2n) is 8.08. The van der Waals surface area contributed by atoms with Gasteiger partial charge < -0.3 is 22.8 Å². The number of rotatable bonds is 18. The van der Waals surface area contributed by atoms with Gasteiger partial charge in [0.05, 0.1) is 33.0 Å². The first-order valence-corrected chi connectivity index (χ1v) is 14.9.